The van der Waals surface area contributed by atoms with E-state index in [4.69, 9.17) is 25.6 Å². The molecule has 6 N–H and O–H groups in total. The number of ketones is 2. The first-order valence-electron chi connectivity index (χ1n) is 14.0. The number of ether oxygens (including phenoxy) is 1. The van der Waals surface area contributed by atoms with E-state index in [1.807, 2.05) is 6.92 Å². The number of aliphatic hydroxyl groups is 1. The molecule has 240 valence electrons. The lowest BCUT2D eigenvalue weighted by Gasteiger charge is -2.62. The summed E-state index contributed by atoms with van der Waals surface area (Å²) in [7, 11) is 0. The zero-order valence-electron chi connectivity index (χ0n) is 23.8. The van der Waals surface area contributed by atoms with Gasteiger partial charge >= 0.3 is 5.97 Å². The highest BCUT2D eigenvalue weighted by Crippen LogP contribution is 2.68. The molecule has 0 saturated heterocycles. The number of hydrogen-bond donors (Lipinski definition) is 6. The summed E-state index contributed by atoms with van der Waals surface area (Å²) >= 11 is 0. The molecule has 3 fully saturated rings. The summed E-state index contributed by atoms with van der Waals surface area (Å²) in [5, 5.41) is 46.8. The van der Waals surface area contributed by atoms with Crippen LogP contribution in [0.2, 0.25) is 0 Å². The van der Waals surface area contributed by atoms with Gasteiger partial charge in [-0.05, 0) is 62.5 Å². The van der Waals surface area contributed by atoms with Crippen LogP contribution in [0.15, 0.2) is 23.8 Å². The Morgan fingerprint density at radius 1 is 1.12 bits per heavy atom. The molecule has 0 bridgehead atoms. The molecule has 16 heteroatoms. The lowest BCUT2D eigenvalue weighted by Crippen LogP contribution is -2.66. The van der Waals surface area contributed by atoms with Crippen LogP contribution in [0, 0.1) is 28.6 Å². The van der Waals surface area contributed by atoms with Gasteiger partial charge in [-0.3, -0.25) is 40.0 Å². The van der Waals surface area contributed by atoms with Gasteiger partial charge in [0.05, 0.1) is 23.3 Å². The average Bonchev–Trinajstić information content (AvgIpc) is 3.26. The van der Waals surface area contributed by atoms with Gasteiger partial charge in [-0.25, -0.2) is 14.1 Å². The van der Waals surface area contributed by atoms with Gasteiger partial charge in [0.15, 0.2) is 17.2 Å². The SMILES string of the molecule is C[C@]12C[C@H](O)C3(F)[C@@H](CCC4=CC(=O)C=C[C@@]43C)C1CCC2C(=O)COC(=O)CNC(=O)CC(CON(O)O)ON(O)O. The summed E-state index contributed by atoms with van der Waals surface area (Å²) in [4.78, 5) is 58.3. The fraction of sp³-hybridized carbons (Fsp3) is 0.704. The highest BCUT2D eigenvalue weighted by Gasteiger charge is 2.70. The average molecular weight is 616 g/mol. The molecule has 0 heterocycles. The standard InChI is InChI=1S/C27H38FN3O12/c1-25-11-22(34)27(28)19(4-3-15-9-16(32)7-8-26(15,27)2)18(25)5-6-20(25)21(33)14-41-24(36)12-29-23(35)10-17(43-31(39)40)13-42-30(37)38/h7-9,17-20,22,34,37-40H,3-6,10-14H2,1-2H3,(H,29,35)/t17?,18?,19-,20?,22-,25-,26-,27?/m0/s1. The maximum absolute atomic E-state index is 17.1. The van der Waals surface area contributed by atoms with Crippen molar-refractivity contribution in [1.29, 1.82) is 0 Å². The smallest absolute Gasteiger partial charge is 0.325 e. The lowest BCUT2D eigenvalue weighted by molar-refractivity contribution is -0.526. The quantitative estimate of drug-likeness (QED) is 0.133. The Morgan fingerprint density at radius 2 is 1.84 bits per heavy atom. The molecule has 0 aliphatic heterocycles. The molecule has 3 saturated carbocycles. The maximum atomic E-state index is 17.1. The van der Waals surface area contributed by atoms with E-state index < -0.39 is 89.4 Å². The number of allylic oxidation sites excluding steroid dienone is 4. The van der Waals surface area contributed by atoms with Gasteiger partial charge in [-0.2, -0.15) is 0 Å². The van der Waals surface area contributed by atoms with Crippen LogP contribution in [0.3, 0.4) is 0 Å². The fourth-order valence-corrected chi connectivity index (χ4v) is 7.90. The van der Waals surface area contributed by atoms with E-state index in [9.17, 15) is 24.3 Å². The number of nitrogens with one attached hydrogen (secondary N) is 1. The van der Waals surface area contributed by atoms with E-state index >= 15 is 4.39 Å². The summed E-state index contributed by atoms with van der Waals surface area (Å²) < 4.78 is 22.2. The number of alkyl halides is 1. The molecular weight excluding hydrogens is 577 g/mol. The van der Waals surface area contributed by atoms with Crippen molar-refractivity contribution in [1.82, 2.24) is 16.1 Å². The van der Waals surface area contributed by atoms with E-state index in [0.717, 1.165) is 0 Å². The van der Waals surface area contributed by atoms with E-state index in [1.165, 1.54) is 12.2 Å². The third kappa shape index (κ3) is 6.43. The van der Waals surface area contributed by atoms with Crippen molar-refractivity contribution in [2.24, 2.45) is 28.6 Å². The summed E-state index contributed by atoms with van der Waals surface area (Å²) in [6, 6.07) is 0. The van der Waals surface area contributed by atoms with Crippen LogP contribution in [-0.4, -0.2) is 97.8 Å². The minimum absolute atomic E-state index is 0.0338. The van der Waals surface area contributed by atoms with Gasteiger partial charge in [0.25, 0.3) is 0 Å². The summed E-state index contributed by atoms with van der Waals surface area (Å²) in [5.74, 6) is -3.64. The number of amides is 1. The van der Waals surface area contributed by atoms with Crippen LogP contribution in [0.4, 0.5) is 4.39 Å². The third-order valence-electron chi connectivity index (χ3n) is 9.86. The van der Waals surface area contributed by atoms with Crippen molar-refractivity contribution in [3.63, 3.8) is 0 Å². The second-order valence-corrected chi connectivity index (χ2v) is 12.1. The number of carbonyl (C=O) groups excluding carboxylic acids is 4. The molecule has 4 aliphatic carbocycles. The Balaban J connectivity index is 1.32. The monoisotopic (exact) mass is 615 g/mol. The normalized spacial score (nSPS) is 35.6. The topological polar surface area (TPSA) is 216 Å². The van der Waals surface area contributed by atoms with Crippen LogP contribution in [0.1, 0.15) is 52.4 Å². The van der Waals surface area contributed by atoms with Crippen LogP contribution in [-0.2, 0) is 33.6 Å². The number of hydrogen-bond acceptors (Lipinski definition) is 14. The predicted octanol–water partition coefficient (Wildman–Crippen LogP) is 0.985. The van der Waals surface area contributed by atoms with Crippen LogP contribution >= 0.6 is 0 Å². The molecular formula is C27H38FN3O12. The van der Waals surface area contributed by atoms with Crippen molar-refractivity contribution < 1.29 is 63.9 Å². The Kier molecular flexibility index (Phi) is 9.85. The van der Waals surface area contributed by atoms with Gasteiger partial charge in [-0.1, -0.05) is 18.6 Å². The number of fused-ring (bicyclic) bond motifs is 5. The summed E-state index contributed by atoms with van der Waals surface area (Å²) in [6.45, 7) is 1.70. The molecule has 0 radical (unpaired) electrons. The minimum Gasteiger partial charge on any atom is -0.456 e. The zero-order valence-corrected chi connectivity index (χ0v) is 23.8. The van der Waals surface area contributed by atoms with Crippen LogP contribution in [0.25, 0.3) is 0 Å². The molecule has 4 aliphatic rings. The molecule has 4 rings (SSSR count). The van der Waals surface area contributed by atoms with Crippen molar-refractivity contribution in [2.45, 2.75) is 70.2 Å². The van der Waals surface area contributed by atoms with E-state index in [0.29, 0.717) is 31.3 Å². The Hall–Kier alpha value is -2.67. The summed E-state index contributed by atoms with van der Waals surface area (Å²) in [5.41, 5.74) is -3.18. The number of nitrogens with zero attached hydrogens (tertiary/aromatic N) is 2. The first-order valence-corrected chi connectivity index (χ1v) is 14.0. The van der Waals surface area contributed by atoms with Gasteiger partial charge in [0.2, 0.25) is 5.91 Å². The Labute approximate surface area is 246 Å². The molecule has 0 aromatic heterocycles. The van der Waals surface area contributed by atoms with Crippen molar-refractivity contribution >= 4 is 23.4 Å². The van der Waals surface area contributed by atoms with Gasteiger partial charge in [0.1, 0.15) is 25.9 Å². The number of carbonyl (C=O) groups is 4. The van der Waals surface area contributed by atoms with Crippen molar-refractivity contribution in [3.8, 4) is 0 Å². The first kappa shape index (κ1) is 33.2. The number of Topliss-reactive ketones (excluding diaryl/α,β-unsaturated/α-hetero) is 1. The molecule has 8 atom stereocenters. The van der Waals surface area contributed by atoms with E-state index in [2.05, 4.69) is 15.0 Å². The molecule has 0 spiro atoms. The van der Waals surface area contributed by atoms with Gasteiger partial charge in [-0.15, -0.1) is 0 Å². The third-order valence-corrected chi connectivity index (χ3v) is 9.86. The minimum atomic E-state index is -2.00. The fourth-order valence-electron chi connectivity index (χ4n) is 7.90. The predicted molar refractivity (Wildman–Crippen MR) is 137 cm³/mol. The second kappa shape index (κ2) is 12.7. The van der Waals surface area contributed by atoms with Gasteiger partial charge < -0.3 is 15.2 Å². The number of halogens is 1. The Morgan fingerprint density at radius 3 is 2.51 bits per heavy atom. The van der Waals surface area contributed by atoms with Crippen LogP contribution in [0.5, 0.6) is 0 Å². The second-order valence-electron chi connectivity index (χ2n) is 12.1. The lowest BCUT2D eigenvalue weighted by atomic mass is 9.45. The molecule has 0 aromatic carbocycles. The molecule has 15 nitrogen and oxygen atoms in total. The largest absolute Gasteiger partial charge is 0.456 e. The molecule has 43 heavy (non-hydrogen) atoms. The number of esters is 1. The molecule has 1 amide bonds. The molecule has 4 unspecified atom stereocenters. The summed E-state index contributed by atoms with van der Waals surface area (Å²) in [6.07, 6.45) is 3.02. The van der Waals surface area contributed by atoms with Crippen LogP contribution < -0.4 is 5.32 Å². The van der Waals surface area contributed by atoms with Crippen molar-refractivity contribution in [2.75, 3.05) is 19.8 Å². The highest BCUT2D eigenvalue weighted by atomic mass is 19.1. The highest BCUT2D eigenvalue weighted by molar-refractivity contribution is 6.01. The number of aliphatic hydroxyl groups excluding tert-OH is 1. The van der Waals surface area contributed by atoms with Gasteiger partial charge in [0, 0.05) is 17.3 Å². The molecule has 0 aromatic rings. The van der Waals surface area contributed by atoms with Crippen molar-refractivity contribution in [3.05, 3.63) is 23.8 Å². The Bertz CT molecular complexity index is 1180. The van der Waals surface area contributed by atoms with E-state index in [1.54, 1.807) is 13.0 Å². The zero-order chi connectivity index (χ0) is 31.7. The van der Waals surface area contributed by atoms with E-state index in [-0.39, 0.29) is 23.9 Å². The maximum Gasteiger partial charge on any atom is 0.325 e. The first-order chi connectivity index (χ1) is 20.1. The number of rotatable bonds is 12.